The third kappa shape index (κ3) is 2.99. The lowest BCUT2D eigenvalue weighted by molar-refractivity contribution is -0.131. The van der Waals surface area contributed by atoms with Crippen LogP contribution in [0.1, 0.15) is 6.92 Å². The van der Waals surface area contributed by atoms with Gasteiger partial charge in [0.1, 0.15) is 5.75 Å². The topological polar surface area (TPSA) is 83.2 Å². The van der Waals surface area contributed by atoms with Crippen LogP contribution in [0.2, 0.25) is 0 Å². The van der Waals surface area contributed by atoms with Crippen LogP contribution in [0.3, 0.4) is 0 Å². The lowest BCUT2D eigenvalue weighted by atomic mass is 10.2. The maximum absolute atomic E-state index is 13.3. The van der Waals surface area contributed by atoms with Gasteiger partial charge in [-0.05, 0) is 36.4 Å². The number of benzene rings is 2. The molecule has 0 atom stereocenters. The van der Waals surface area contributed by atoms with Gasteiger partial charge in [0.05, 0.1) is 28.5 Å². The van der Waals surface area contributed by atoms with E-state index in [1.54, 1.807) is 66.9 Å². The largest absolute Gasteiger partial charge is 0.427 e. The van der Waals surface area contributed by atoms with Crippen molar-refractivity contribution in [2.45, 2.75) is 6.92 Å². The first-order valence-corrected chi connectivity index (χ1v) is 8.52. The first kappa shape index (κ1) is 17.4. The Balaban J connectivity index is 2.08. The minimum Gasteiger partial charge on any atom is -0.427 e. The number of carbonyl (C=O) groups excluding carboxylic acids is 1. The van der Waals surface area contributed by atoms with E-state index in [0.717, 1.165) is 4.57 Å². The summed E-state index contributed by atoms with van der Waals surface area (Å²) >= 11 is 0. The smallest absolute Gasteiger partial charge is 0.340 e. The van der Waals surface area contributed by atoms with Crippen molar-refractivity contribution >= 4 is 16.9 Å². The maximum Gasteiger partial charge on any atom is 0.340 e. The Morgan fingerprint density at radius 1 is 0.929 bits per heavy atom. The molecule has 0 aliphatic heterocycles. The lowest BCUT2D eigenvalue weighted by Gasteiger charge is -2.14. The number of hydrogen-bond donors (Lipinski definition) is 0. The fourth-order valence-corrected chi connectivity index (χ4v) is 3.08. The highest BCUT2D eigenvalue weighted by Crippen LogP contribution is 2.19. The zero-order valence-electron chi connectivity index (χ0n) is 14.9. The monoisotopic (exact) mass is 373 g/mol. The van der Waals surface area contributed by atoms with E-state index in [1.165, 1.54) is 17.7 Å². The van der Waals surface area contributed by atoms with E-state index in [9.17, 15) is 14.4 Å². The van der Waals surface area contributed by atoms with Crippen LogP contribution in [0.15, 0.2) is 82.6 Å². The van der Waals surface area contributed by atoms with Crippen LogP contribution in [-0.2, 0) is 4.79 Å². The van der Waals surface area contributed by atoms with Crippen LogP contribution in [0.5, 0.6) is 5.75 Å². The third-order valence-electron chi connectivity index (χ3n) is 4.20. The summed E-state index contributed by atoms with van der Waals surface area (Å²) in [6, 6.07) is 16.7. The Morgan fingerprint density at radius 2 is 1.71 bits per heavy atom. The molecule has 7 heteroatoms. The highest BCUT2D eigenvalue weighted by molar-refractivity contribution is 5.80. The highest BCUT2D eigenvalue weighted by Gasteiger charge is 2.16. The Hall–Kier alpha value is -4.00. The van der Waals surface area contributed by atoms with Crippen molar-refractivity contribution in [3.63, 3.8) is 0 Å². The number of aromatic nitrogens is 3. The average molecular weight is 373 g/mol. The zero-order chi connectivity index (χ0) is 19.7. The van der Waals surface area contributed by atoms with Crippen molar-refractivity contribution in [2.24, 2.45) is 0 Å². The second-order valence-corrected chi connectivity index (χ2v) is 6.08. The summed E-state index contributed by atoms with van der Waals surface area (Å²) < 4.78 is 7.62. The van der Waals surface area contributed by atoms with Crippen LogP contribution < -0.4 is 16.0 Å². The second-order valence-electron chi connectivity index (χ2n) is 6.08. The van der Waals surface area contributed by atoms with Crippen molar-refractivity contribution in [1.29, 1.82) is 0 Å². The summed E-state index contributed by atoms with van der Waals surface area (Å²) in [6.07, 6.45) is 3.02. The Morgan fingerprint density at radius 3 is 2.46 bits per heavy atom. The van der Waals surface area contributed by atoms with E-state index >= 15 is 0 Å². The van der Waals surface area contributed by atoms with E-state index in [2.05, 4.69) is 4.98 Å². The second kappa shape index (κ2) is 6.96. The standard InChI is InChI=1S/C21H15N3O4/c1-14(25)28-17-8-4-6-15(12-17)23-19-10-3-2-9-18(19)20(26)24(21(23)27)16-7-5-11-22-13-16/h2-13H,1H3. The van der Waals surface area contributed by atoms with Crippen LogP contribution in [-0.4, -0.2) is 20.1 Å². The first-order valence-electron chi connectivity index (χ1n) is 8.52. The van der Waals surface area contributed by atoms with E-state index < -0.39 is 17.2 Å². The van der Waals surface area contributed by atoms with E-state index in [4.69, 9.17) is 4.74 Å². The van der Waals surface area contributed by atoms with Crippen molar-refractivity contribution in [1.82, 2.24) is 14.1 Å². The molecule has 2 heterocycles. The SMILES string of the molecule is CC(=O)Oc1cccc(-n2c(=O)n(-c3cccnc3)c(=O)c3ccccc32)c1. The molecule has 2 aromatic carbocycles. The number of nitrogens with zero attached hydrogens (tertiary/aromatic N) is 3. The molecule has 0 fully saturated rings. The molecule has 0 saturated carbocycles. The summed E-state index contributed by atoms with van der Waals surface area (Å²) in [4.78, 5) is 41.6. The van der Waals surface area contributed by atoms with Crippen molar-refractivity contribution in [3.05, 3.63) is 93.9 Å². The molecule has 28 heavy (non-hydrogen) atoms. The zero-order valence-corrected chi connectivity index (χ0v) is 14.9. The van der Waals surface area contributed by atoms with Gasteiger partial charge in [0, 0.05) is 19.2 Å². The third-order valence-corrected chi connectivity index (χ3v) is 4.20. The predicted molar refractivity (Wildman–Crippen MR) is 104 cm³/mol. The minimum atomic E-state index is -0.545. The van der Waals surface area contributed by atoms with Crippen LogP contribution in [0, 0.1) is 0 Å². The number of pyridine rings is 1. The Labute approximate surface area is 159 Å². The van der Waals surface area contributed by atoms with Gasteiger partial charge in [0.25, 0.3) is 5.56 Å². The molecule has 0 amide bonds. The number of carbonyl (C=O) groups is 1. The van der Waals surface area contributed by atoms with Gasteiger partial charge in [0.2, 0.25) is 0 Å². The number of ether oxygens (including phenoxy) is 1. The van der Waals surface area contributed by atoms with Crippen molar-refractivity contribution in [2.75, 3.05) is 0 Å². The molecule has 4 aromatic rings. The number of rotatable bonds is 3. The molecule has 0 N–H and O–H groups in total. The number of para-hydroxylation sites is 1. The summed E-state index contributed by atoms with van der Waals surface area (Å²) in [5, 5.41) is 0.379. The molecule has 2 aromatic heterocycles. The van der Waals surface area contributed by atoms with Gasteiger partial charge in [-0.1, -0.05) is 18.2 Å². The van der Waals surface area contributed by atoms with Gasteiger partial charge < -0.3 is 4.74 Å². The van der Waals surface area contributed by atoms with Crippen LogP contribution in [0.25, 0.3) is 22.3 Å². The summed E-state index contributed by atoms with van der Waals surface area (Å²) in [5.74, 6) is -0.158. The summed E-state index contributed by atoms with van der Waals surface area (Å²) in [5.41, 5.74) is 0.320. The maximum atomic E-state index is 13.3. The average Bonchev–Trinajstić information content (AvgIpc) is 2.69. The van der Waals surface area contributed by atoms with Gasteiger partial charge >= 0.3 is 11.7 Å². The van der Waals surface area contributed by atoms with Crippen molar-refractivity contribution in [3.8, 4) is 17.1 Å². The molecule has 0 bridgehead atoms. The Bertz CT molecular complexity index is 1310. The summed E-state index contributed by atoms with van der Waals surface area (Å²) in [6.45, 7) is 1.30. The van der Waals surface area contributed by atoms with Crippen LogP contribution in [0.4, 0.5) is 0 Å². The predicted octanol–water partition coefficient (Wildman–Crippen LogP) is 2.46. The van der Waals surface area contributed by atoms with Crippen LogP contribution >= 0.6 is 0 Å². The quantitative estimate of drug-likeness (QED) is 0.407. The number of esters is 1. The van der Waals surface area contributed by atoms with E-state index in [-0.39, 0.29) is 0 Å². The van der Waals surface area contributed by atoms with Crippen molar-refractivity contribution < 1.29 is 9.53 Å². The van der Waals surface area contributed by atoms with E-state index in [0.29, 0.717) is 28.0 Å². The van der Waals surface area contributed by atoms with E-state index in [1.807, 2.05) is 0 Å². The molecule has 0 unspecified atom stereocenters. The van der Waals surface area contributed by atoms with Gasteiger partial charge in [-0.15, -0.1) is 0 Å². The fraction of sp³-hybridized carbons (Fsp3) is 0.0476. The molecule has 0 radical (unpaired) electrons. The molecule has 138 valence electrons. The molecule has 7 nitrogen and oxygen atoms in total. The summed E-state index contributed by atoms with van der Waals surface area (Å²) in [7, 11) is 0. The highest BCUT2D eigenvalue weighted by atomic mass is 16.5. The molecule has 0 aliphatic carbocycles. The molecular weight excluding hydrogens is 358 g/mol. The normalized spacial score (nSPS) is 10.8. The fourth-order valence-electron chi connectivity index (χ4n) is 3.08. The van der Waals surface area contributed by atoms with Gasteiger partial charge in [-0.3, -0.25) is 19.1 Å². The number of hydrogen-bond acceptors (Lipinski definition) is 5. The first-order chi connectivity index (χ1) is 13.6. The minimum absolute atomic E-state index is 0.306. The molecule has 0 aliphatic rings. The number of fused-ring (bicyclic) bond motifs is 1. The molecule has 0 saturated heterocycles. The molecule has 4 rings (SSSR count). The van der Waals surface area contributed by atoms with Gasteiger partial charge in [0.15, 0.2) is 0 Å². The lowest BCUT2D eigenvalue weighted by Crippen LogP contribution is -2.38. The molecule has 0 spiro atoms. The van der Waals surface area contributed by atoms with Gasteiger partial charge in [-0.2, -0.15) is 0 Å². The van der Waals surface area contributed by atoms with Gasteiger partial charge in [-0.25, -0.2) is 9.36 Å². The molecular formula is C21H15N3O4. The Kier molecular flexibility index (Phi) is 4.33.